The molecule has 0 spiro atoms. The topological polar surface area (TPSA) is 40.5 Å². The molecule has 0 aliphatic rings. The largest absolute Gasteiger partial charge is 0.423 e. The Balaban J connectivity index is 0. The Morgan fingerprint density at radius 3 is 1.88 bits per heavy atom. The molecule has 0 fully saturated rings. The fourth-order valence-corrected chi connectivity index (χ4v) is 0.272. The summed E-state index contributed by atoms with van der Waals surface area (Å²) in [7, 11) is 0. The second-order valence-electron chi connectivity index (χ2n) is 1.54. The smallest absolute Gasteiger partial charge is 0.0515 e. The molecule has 2 N–H and O–H groups in total. The van der Waals surface area contributed by atoms with Crippen LogP contribution in [-0.4, -0.2) is 22.4 Å². The Morgan fingerprint density at radius 2 is 1.88 bits per heavy atom. The third-order valence-electron chi connectivity index (χ3n) is 0.862. The van der Waals surface area contributed by atoms with Gasteiger partial charge in [0.25, 0.3) is 0 Å². The molecule has 0 aliphatic heterocycles. The van der Waals surface area contributed by atoms with Crippen molar-refractivity contribution in [3.05, 3.63) is 6.92 Å². The van der Waals surface area contributed by atoms with E-state index < -0.39 is 12.2 Å². The molecular weight excluding hydrogens is 181 g/mol. The fraction of sp³-hybridized carbons (Fsp3) is 0.800. The van der Waals surface area contributed by atoms with Gasteiger partial charge in [-0.05, 0) is 12.5 Å². The molecule has 0 aromatic rings. The summed E-state index contributed by atoms with van der Waals surface area (Å²) in [6, 6.07) is 0. The molecule has 2 nitrogen and oxygen atoms in total. The summed E-state index contributed by atoms with van der Waals surface area (Å²) in [5.41, 5.74) is 0. The summed E-state index contributed by atoms with van der Waals surface area (Å²) in [5, 5.41) is 17.1. The summed E-state index contributed by atoms with van der Waals surface area (Å²) in [4.78, 5) is 0. The quantitative estimate of drug-likeness (QED) is 0.602. The molecule has 0 saturated heterocycles. The van der Waals surface area contributed by atoms with Gasteiger partial charge < -0.3 is 17.1 Å². The zero-order valence-corrected chi connectivity index (χ0v) is 7.88. The molecule has 47 valence electrons. The van der Waals surface area contributed by atoms with E-state index in [4.69, 9.17) is 10.2 Å². The summed E-state index contributed by atoms with van der Waals surface area (Å²) in [5.74, 6) is 0. The molecular formula is C5H11O2Y-. The van der Waals surface area contributed by atoms with Gasteiger partial charge in [0.15, 0.2) is 0 Å². The Labute approximate surface area is 75.2 Å². The van der Waals surface area contributed by atoms with Crippen LogP contribution in [0.5, 0.6) is 0 Å². The maximum atomic E-state index is 8.62. The van der Waals surface area contributed by atoms with Crippen LogP contribution >= 0.6 is 0 Å². The maximum Gasteiger partial charge on any atom is 0.0515 e. The predicted molar refractivity (Wildman–Crippen MR) is 27.7 cm³/mol. The molecule has 0 aliphatic carbocycles. The predicted octanol–water partition coefficient (Wildman–Crippen LogP) is -0.0502. The minimum Gasteiger partial charge on any atom is -0.423 e. The summed E-state index contributed by atoms with van der Waals surface area (Å²) < 4.78 is 0. The van der Waals surface area contributed by atoms with E-state index in [1.165, 1.54) is 0 Å². The number of rotatable bonds is 2. The first-order valence-corrected chi connectivity index (χ1v) is 2.37. The van der Waals surface area contributed by atoms with Crippen molar-refractivity contribution in [1.29, 1.82) is 0 Å². The van der Waals surface area contributed by atoms with Crippen LogP contribution < -0.4 is 0 Å². The Bertz CT molecular complexity index is 47.7. The Morgan fingerprint density at radius 1 is 1.50 bits per heavy atom. The van der Waals surface area contributed by atoms with E-state index in [-0.39, 0.29) is 32.7 Å². The van der Waals surface area contributed by atoms with E-state index in [0.29, 0.717) is 6.42 Å². The number of aliphatic hydroxyl groups is 2. The van der Waals surface area contributed by atoms with Crippen molar-refractivity contribution in [3.8, 4) is 0 Å². The molecule has 0 bridgehead atoms. The van der Waals surface area contributed by atoms with Crippen molar-refractivity contribution in [2.75, 3.05) is 0 Å². The standard InChI is InChI=1S/C5H11O2.Y/c1-3-5(7)4(2)6;/h4-7H,2-3H2,1H3;/q-1;. The van der Waals surface area contributed by atoms with E-state index in [1.54, 1.807) is 6.92 Å². The van der Waals surface area contributed by atoms with Gasteiger partial charge in [-0.3, -0.25) is 0 Å². The molecule has 0 amide bonds. The van der Waals surface area contributed by atoms with Crippen LogP contribution in [0.2, 0.25) is 0 Å². The van der Waals surface area contributed by atoms with Gasteiger partial charge in [0, 0.05) is 32.7 Å². The number of hydrogen-bond acceptors (Lipinski definition) is 2. The minimum absolute atomic E-state index is 0. The van der Waals surface area contributed by atoms with Gasteiger partial charge in [-0.1, -0.05) is 6.92 Å². The van der Waals surface area contributed by atoms with Crippen molar-refractivity contribution in [3.63, 3.8) is 0 Å². The third-order valence-corrected chi connectivity index (χ3v) is 0.862. The van der Waals surface area contributed by atoms with Crippen molar-refractivity contribution < 1.29 is 42.9 Å². The van der Waals surface area contributed by atoms with E-state index in [2.05, 4.69) is 6.92 Å². The van der Waals surface area contributed by atoms with E-state index in [9.17, 15) is 0 Å². The number of aliphatic hydroxyl groups excluding tert-OH is 2. The second kappa shape index (κ2) is 6.15. The molecule has 2 atom stereocenters. The first-order valence-electron chi connectivity index (χ1n) is 2.37. The zero-order valence-electron chi connectivity index (χ0n) is 5.04. The summed E-state index contributed by atoms with van der Waals surface area (Å²) >= 11 is 0. The normalized spacial score (nSPS) is 16.5. The van der Waals surface area contributed by atoms with E-state index in [1.807, 2.05) is 0 Å². The SMILES string of the molecule is [CH2-]C(O)C(O)CC.[Y]. The molecule has 1 radical (unpaired) electrons. The fourth-order valence-electron chi connectivity index (χ4n) is 0.272. The Kier molecular flexibility index (Phi) is 9.05. The maximum absolute atomic E-state index is 8.62. The molecule has 0 rings (SSSR count). The molecule has 0 saturated carbocycles. The van der Waals surface area contributed by atoms with Gasteiger partial charge in [0.05, 0.1) is 6.10 Å². The first-order chi connectivity index (χ1) is 3.18. The van der Waals surface area contributed by atoms with Crippen LogP contribution in [0.1, 0.15) is 13.3 Å². The average Bonchev–Trinajstić information content (AvgIpc) is 1.65. The van der Waals surface area contributed by atoms with Crippen LogP contribution in [0.4, 0.5) is 0 Å². The van der Waals surface area contributed by atoms with Crippen LogP contribution in [-0.2, 0) is 32.7 Å². The second-order valence-corrected chi connectivity index (χ2v) is 1.54. The Hall–Kier alpha value is 1.02. The van der Waals surface area contributed by atoms with Gasteiger partial charge in [0.1, 0.15) is 0 Å². The van der Waals surface area contributed by atoms with Crippen molar-refractivity contribution >= 4 is 0 Å². The van der Waals surface area contributed by atoms with Gasteiger partial charge in [-0.25, -0.2) is 0 Å². The molecule has 0 aromatic carbocycles. The first kappa shape index (κ1) is 11.8. The van der Waals surface area contributed by atoms with Crippen LogP contribution in [0, 0.1) is 6.92 Å². The zero-order chi connectivity index (χ0) is 5.86. The summed E-state index contributed by atoms with van der Waals surface area (Å²) in [6.07, 6.45) is -0.921. The van der Waals surface area contributed by atoms with Crippen molar-refractivity contribution in [2.45, 2.75) is 25.6 Å². The van der Waals surface area contributed by atoms with Crippen molar-refractivity contribution in [2.24, 2.45) is 0 Å². The van der Waals surface area contributed by atoms with Crippen LogP contribution in [0.25, 0.3) is 0 Å². The van der Waals surface area contributed by atoms with E-state index in [0.717, 1.165) is 0 Å². The van der Waals surface area contributed by atoms with Crippen LogP contribution in [0.15, 0.2) is 0 Å². The monoisotopic (exact) mass is 192 g/mol. The van der Waals surface area contributed by atoms with Crippen molar-refractivity contribution in [1.82, 2.24) is 0 Å². The number of hydrogen-bond donors (Lipinski definition) is 2. The molecule has 2 unspecified atom stereocenters. The van der Waals surface area contributed by atoms with E-state index >= 15 is 0 Å². The summed E-state index contributed by atoms with van der Waals surface area (Å²) in [6.45, 7) is 5.01. The molecule has 8 heavy (non-hydrogen) atoms. The molecule has 0 heterocycles. The average molecular weight is 192 g/mol. The van der Waals surface area contributed by atoms with Gasteiger partial charge in [-0.15, -0.1) is 0 Å². The van der Waals surface area contributed by atoms with Gasteiger partial charge in [-0.2, -0.15) is 0 Å². The third kappa shape index (κ3) is 5.17. The minimum atomic E-state index is -0.829. The van der Waals surface area contributed by atoms with Gasteiger partial charge in [0.2, 0.25) is 0 Å². The van der Waals surface area contributed by atoms with Crippen LogP contribution in [0.3, 0.4) is 0 Å². The molecule has 3 heteroatoms. The molecule has 0 aromatic heterocycles. The van der Waals surface area contributed by atoms with Gasteiger partial charge >= 0.3 is 0 Å².